The summed E-state index contributed by atoms with van der Waals surface area (Å²) in [5, 5.41) is 4.65. The molecule has 2 heterocycles. The second-order valence-electron chi connectivity index (χ2n) is 2.93. The minimum Gasteiger partial charge on any atom is -0.320 e. The summed E-state index contributed by atoms with van der Waals surface area (Å²) in [6.07, 6.45) is 3.32. The quantitative estimate of drug-likeness (QED) is 0.901. The van der Waals surface area contributed by atoms with E-state index in [0.717, 1.165) is 11.1 Å². The Hall–Kier alpha value is -0.610. The molecule has 0 aliphatic rings. The highest BCUT2D eigenvalue weighted by molar-refractivity contribution is 7.08. The maximum atomic E-state index is 6.06. The van der Waals surface area contributed by atoms with Crippen LogP contribution in [0.1, 0.15) is 17.2 Å². The number of hydrogen-bond donors (Lipinski definition) is 1. The Balaban J connectivity index is 0.00000112. The van der Waals surface area contributed by atoms with E-state index >= 15 is 0 Å². The fraction of sp³-hybridized carbons (Fsp3) is 0.100. The van der Waals surface area contributed by atoms with E-state index in [0.29, 0.717) is 5.02 Å². The number of thiophene rings is 1. The molecule has 0 fully saturated rings. The molecule has 0 radical (unpaired) electrons. The molecule has 0 spiro atoms. The predicted octanol–water partition coefficient (Wildman–Crippen LogP) is 3.27. The summed E-state index contributed by atoms with van der Waals surface area (Å²) in [5.74, 6) is 0. The highest BCUT2D eigenvalue weighted by atomic mass is 35.5. The molecule has 2 aromatic rings. The molecule has 2 rings (SSSR count). The number of hydrogen-bond acceptors (Lipinski definition) is 3. The third-order valence-electron chi connectivity index (χ3n) is 2.04. The Morgan fingerprint density at radius 1 is 1.40 bits per heavy atom. The van der Waals surface area contributed by atoms with Crippen molar-refractivity contribution in [2.75, 3.05) is 0 Å². The normalized spacial score (nSPS) is 11.9. The van der Waals surface area contributed by atoms with Gasteiger partial charge in [-0.3, -0.25) is 4.98 Å². The smallest absolute Gasteiger partial charge is 0.0640 e. The summed E-state index contributed by atoms with van der Waals surface area (Å²) in [6.45, 7) is 0. The topological polar surface area (TPSA) is 38.9 Å². The van der Waals surface area contributed by atoms with Crippen LogP contribution in [0.4, 0.5) is 0 Å². The van der Waals surface area contributed by atoms with Gasteiger partial charge in [-0.1, -0.05) is 11.6 Å². The summed E-state index contributed by atoms with van der Waals surface area (Å²) >= 11 is 7.63. The molecule has 0 amide bonds. The number of aromatic nitrogens is 1. The zero-order valence-corrected chi connectivity index (χ0v) is 10.1. The van der Waals surface area contributed by atoms with Gasteiger partial charge in [0.2, 0.25) is 0 Å². The summed E-state index contributed by atoms with van der Waals surface area (Å²) in [7, 11) is 0. The summed E-state index contributed by atoms with van der Waals surface area (Å²) < 4.78 is 0. The third kappa shape index (κ3) is 2.69. The van der Waals surface area contributed by atoms with Crippen molar-refractivity contribution in [3.8, 4) is 0 Å². The van der Waals surface area contributed by atoms with Crippen LogP contribution in [0.2, 0.25) is 5.02 Å². The van der Waals surface area contributed by atoms with E-state index in [9.17, 15) is 0 Å². The number of nitrogens with zero attached hydrogens (tertiary/aromatic N) is 1. The number of pyridine rings is 1. The zero-order chi connectivity index (χ0) is 9.97. The molecule has 2 N–H and O–H groups in total. The van der Waals surface area contributed by atoms with E-state index in [2.05, 4.69) is 4.98 Å². The van der Waals surface area contributed by atoms with E-state index in [1.54, 1.807) is 23.7 Å². The van der Waals surface area contributed by atoms with Gasteiger partial charge in [-0.25, -0.2) is 0 Å². The maximum absolute atomic E-state index is 6.06. The minimum atomic E-state index is -0.156. The van der Waals surface area contributed by atoms with Gasteiger partial charge in [0.25, 0.3) is 0 Å². The predicted molar refractivity (Wildman–Crippen MR) is 66.8 cm³/mol. The van der Waals surface area contributed by atoms with Crippen LogP contribution in [0.15, 0.2) is 35.3 Å². The van der Waals surface area contributed by atoms with Gasteiger partial charge in [0.15, 0.2) is 0 Å². The lowest BCUT2D eigenvalue weighted by atomic mass is 10.0. The van der Waals surface area contributed by atoms with E-state index in [1.807, 2.05) is 22.9 Å². The summed E-state index contributed by atoms with van der Waals surface area (Å²) in [4.78, 5) is 3.92. The van der Waals surface area contributed by atoms with Gasteiger partial charge in [0.1, 0.15) is 0 Å². The van der Waals surface area contributed by atoms with E-state index in [-0.39, 0.29) is 18.4 Å². The van der Waals surface area contributed by atoms with Gasteiger partial charge in [0.05, 0.1) is 11.1 Å². The molecular formula is C10H10Cl2N2S. The lowest BCUT2D eigenvalue weighted by Crippen LogP contribution is -2.11. The monoisotopic (exact) mass is 260 g/mol. The fourth-order valence-electron chi connectivity index (χ4n) is 1.27. The summed E-state index contributed by atoms with van der Waals surface area (Å²) in [5.41, 5.74) is 8.06. The molecule has 0 aromatic carbocycles. The van der Waals surface area contributed by atoms with Crippen molar-refractivity contribution in [2.24, 2.45) is 5.73 Å². The van der Waals surface area contributed by atoms with Crippen molar-refractivity contribution in [1.29, 1.82) is 0 Å². The van der Waals surface area contributed by atoms with Crippen LogP contribution >= 0.6 is 35.3 Å². The molecule has 2 aromatic heterocycles. The molecule has 0 saturated carbocycles. The molecule has 0 aliphatic carbocycles. The average Bonchev–Trinajstić information content (AvgIpc) is 2.70. The number of halogens is 2. The molecule has 1 atom stereocenters. The van der Waals surface area contributed by atoms with Crippen LogP contribution in [0.3, 0.4) is 0 Å². The lowest BCUT2D eigenvalue weighted by Gasteiger charge is -2.11. The van der Waals surface area contributed by atoms with Gasteiger partial charge in [0, 0.05) is 12.4 Å². The van der Waals surface area contributed by atoms with Crippen LogP contribution in [-0.4, -0.2) is 4.98 Å². The van der Waals surface area contributed by atoms with Crippen LogP contribution in [0.25, 0.3) is 0 Å². The Labute approximate surface area is 104 Å². The van der Waals surface area contributed by atoms with Crippen molar-refractivity contribution < 1.29 is 0 Å². The highest BCUT2D eigenvalue weighted by Gasteiger charge is 2.11. The molecule has 0 unspecified atom stereocenters. The highest BCUT2D eigenvalue weighted by Crippen LogP contribution is 2.26. The maximum Gasteiger partial charge on any atom is 0.0640 e. The van der Waals surface area contributed by atoms with E-state index in [4.69, 9.17) is 17.3 Å². The molecule has 0 bridgehead atoms. The first-order chi connectivity index (χ1) is 6.79. The Morgan fingerprint density at radius 2 is 2.20 bits per heavy atom. The standard InChI is InChI=1S/C10H9ClN2S.ClH/c11-9-5-13-3-1-8(9)10(12)7-2-4-14-6-7;/h1-6,10H,12H2;1H/t10-;/m1./s1. The SMILES string of the molecule is Cl.N[C@H](c1ccsc1)c1ccncc1Cl. The Morgan fingerprint density at radius 3 is 2.80 bits per heavy atom. The first-order valence-corrected chi connectivity index (χ1v) is 5.48. The minimum absolute atomic E-state index is 0. The molecular weight excluding hydrogens is 251 g/mol. The van der Waals surface area contributed by atoms with Crippen LogP contribution < -0.4 is 5.73 Å². The lowest BCUT2D eigenvalue weighted by molar-refractivity contribution is 0.873. The molecule has 0 aliphatic heterocycles. The second-order valence-corrected chi connectivity index (χ2v) is 4.12. The van der Waals surface area contributed by atoms with Crippen molar-refractivity contribution >= 4 is 35.3 Å². The molecule has 0 saturated heterocycles. The molecule has 80 valence electrons. The number of nitrogens with two attached hydrogens (primary N) is 1. The largest absolute Gasteiger partial charge is 0.320 e. The molecule has 2 nitrogen and oxygen atoms in total. The van der Waals surface area contributed by atoms with Crippen molar-refractivity contribution in [3.05, 3.63) is 51.4 Å². The molecule has 5 heteroatoms. The zero-order valence-electron chi connectivity index (χ0n) is 7.76. The fourth-order valence-corrected chi connectivity index (χ4v) is 2.20. The van der Waals surface area contributed by atoms with E-state index in [1.165, 1.54) is 0 Å². The van der Waals surface area contributed by atoms with E-state index < -0.39 is 0 Å². The second kappa shape index (κ2) is 5.47. The molecule has 15 heavy (non-hydrogen) atoms. The van der Waals surface area contributed by atoms with Gasteiger partial charge in [-0.2, -0.15) is 11.3 Å². The van der Waals surface area contributed by atoms with Crippen molar-refractivity contribution in [3.63, 3.8) is 0 Å². The van der Waals surface area contributed by atoms with Crippen LogP contribution in [0.5, 0.6) is 0 Å². The average molecular weight is 261 g/mol. The van der Waals surface area contributed by atoms with Crippen LogP contribution in [-0.2, 0) is 0 Å². The van der Waals surface area contributed by atoms with Crippen molar-refractivity contribution in [1.82, 2.24) is 4.98 Å². The number of rotatable bonds is 2. The Kier molecular flexibility index (Phi) is 4.54. The van der Waals surface area contributed by atoms with Crippen LogP contribution in [0, 0.1) is 0 Å². The Bertz CT molecular complexity index is 417. The first-order valence-electron chi connectivity index (χ1n) is 4.16. The van der Waals surface area contributed by atoms with Gasteiger partial charge in [-0.05, 0) is 34.0 Å². The van der Waals surface area contributed by atoms with Gasteiger partial charge in [-0.15, -0.1) is 12.4 Å². The van der Waals surface area contributed by atoms with Crippen molar-refractivity contribution in [2.45, 2.75) is 6.04 Å². The third-order valence-corrected chi connectivity index (χ3v) is 3.06. The van der Waals surface area contributed by atoms with Gasteiger partial charge >= 0.3 is 0 Å². The van der Waals surface area contributed by atoms with Gasteiger partial charge < -0.3 is 5.73 Å². The first kappa shape index (κ1) is 12.5. The summed E-state index contributed by atoms with van der Waals surface area (Å²) in [6, 6.07) is 3.70.